The molecule has 0 radical (unpaired) electrons. The largest absolute Gasteiger partial charge is 0.351 e. The molecular formula is C15H26N2OS. The number of carbonyl (C=O) groups is 1. The molecule has 4 heteroatoms. The van der Waals surface area contributed by atoms with Gasteiger partial charge in [0.05, 0.1) is 5.75 Å². The van der Waals surface area contributed by atoms with E-state index in [4.69, 9.17) is 0 Å². The van der Waals surface area contributed by atoms with E-state index in [1.54, 1.807) is 11.8 Å². The monoisotopic (exact) mass is 282 g/mol. The molecule has 0 unspecified atom stereocenters. The third-order valence-electron chi connectivity index (χ3n) is 4.26. The fraction of sp³-hybridized carbons (Fsp3) is 0.800. The zero-order chi connectivity index (χ0) is 13.8. The van der Waals surface area contributed by atoms with Gasteiger partial charge in [-0.15, -0.1) is 0 Å². The van der Waals surface area contributed by atoms with Crippen molar-refractivity contribution in [2.45, 2.75) is 32.7 Å². The normalized spacial score (nSPS) is 28.7. The quantitative estimate of drug-likeness (QED) is 0.758. The highest BCUT2D eigenvalue weighted by molar-refractivity contribution is 7.99. The number of nitrogens with one attached hydrogen (secondary N) is 1. The third-order valence-corrected chi connectivity index (χ3v) is 4.81. The SMILES string of the molecule is C/C=C(\C)CN1C[C@@H](NC(=O)CSC)[C@H](C2CC2)C1. The van der Waals surface area contributed by atoms with E-state index in [-0.39, 0.29) is 5.91 Å². The van der Waals surface area contributed by atoms with Gasteiger partial charge >= 0.3 is 0 Å². The number of likely N-dealkylation sites (tertiary alicyclic amines) is 1. The van der Waals surface area contributed by atoms with E-state index in [2.05, 4.69) is 30.1 Å². The van der Waals surface area contributed by atoms with Crippen LogP contribution in [0.5, 0.6) is 0 Å². The van der Waals surface area contributed by atoms with Gasteiger partial charge in [0, 0.05) is 25.7 Å². The smallest absolute Gasteiger partial charge is 0.230 e. The average molecular weight is 282 g/mol. The fourth-order valence-corrected chi connectivity index (χ4v) is 3.37. The van der Waals surface area contributed by atoms with Crippen molar-refractivity contribution in [2.24, 2.45) is 11.8 Å². The Morgan fingerprint density at radius 3 is 2.74 bits per heavy atom. The van der Waals surface area contributed by atoms with Crippen molar-refractivity contribution in [2.75, 3.05) is 31.6 Å². The van der Waals surface area contributed by atoms with Crippen molar-refractivity contribution in [1.29, 1.82) is 0 Å². The van der Waals surface area contributed by atoms with E-state index in [0.717, 1.165) is 25.6 Å². The molecule has 2 aliphatic rings. The fourth-order valence-electron chi connectivity index (χ4n) is 3.02. The van der Waals surface area contributed by atoms with Crippen molar-refractivity contribution in [1.82, 2.24) is 10.2 Å². The summed E-state index contributed by atoms with van der Waals surface area (Å²) in [6.07, 6.45) is 6.88. The molecule has 1 saturated heterocycles. The summed E-state index contributed by atoms with van der Waals surface area (Å²) in [6.45, 7) is 7.51. The van der Waals surface area contributed by atoms with Gasteiger partial charge in [-0.25, -0.2) is 0 Å². The van der Waals surface area contributed by atoms with Gasteiger partial charge in [0.15, 0.2) is 0 Å². The first-order valence-electron chi connectivity index (χ1n) is 7.26. The Bertz CT molecular complexity index is 352. The summed E-state index contributed by atoms with van der Waals surface area (Å²) in [7, 11) is 0. The Kier molecular flexibility index (Phi) is 5.34. The van der Waals surface area contributed by atoms with Crippen LogP contribution in [0.3, 0.4) is 0 Å². The number of carbonyl (C=O) groups excluding carboxylic acids is 1. The van der Waals surface area contributed by atoms with E-state index in [9.17, 15) is 4.79 Å². The lowest BCUT2D eigenvalue weighted by molar-refractivity contribution is -0.119. The first-order chi connectivity index (χ1) is 9.13. The lowest BCUT2D eigenvalue weighted by Gasteiger charge is -2.19. The van der Waals surface area contributed by atoms with E-state index in [1.165, 1.54) is 18.4 Å². The minimum atomic E-state index is 0.202. The highest BCUT2D eigenvalue weighted by atomic mass is 32.2. The highest BCUT2D eigenvalue weighted by Gasteiger charge is 2.42. The Morgan fingerprint density at radius 1 is 1.42 bits per heavy atom. The van der Waals surface area contributed by atoms with E-state index in [1.807, 2.05) is 6.26 Å². The summed E-state index contributed by atoms with van der Waals surface area (Å²) in [4.78, 5) is 14.3. The van der Waals surface area contributed by atoms with Crippen LogP contribution in [0.1, 0.15) is 26.7 Å². The molecule has 108 valence electrons. The summed E-state index contributed by atoms with van der Waals surface area (Å²) in [6, 6.07) is 0.372. The standard InChI is InChI=1S/C15H26N2OS/c1-4-11(2)7-17-8-13(12-5-6-12)14(9-17)16-15(18)10-19-3/h4,12-14H,5-10H2,1-3H3,(H,16,18)/b11-4+/t13-,14+/m0/s1. The number of nitrogens with zero attached hydrogens (tertiary/aromatic N) is 1. The molecule has 1 N–H and O–H groups in total. The van der Waals surface area contributed by atoms with Crippen molar-refractivity contribution in [3.63, 3.8) is 0 Å². The van der Waals surface area contributed by atoms with Gasteiger partial charge in [0.2, 0.25) is 5.91 Å². The predicted molar refractivity (Wildman–Crippen MR) is 82.4 cm³/mol. The topological polar surface area (TPSA) is 32.3 Å². The van der Waals surface area contributed by atoms with E-state index < -0.39 is 0 Å². The summed E-state index contributed by atoms with van der Waals surface area (Å²) in [5.74, 6) is 2.32. The second kappa shape index (κ2) is 6.80. The minimum Gasteiger partial charge on any atom is -0.351 e. The van der Waals surface area contributed by atoms with Gasteiger partial charge in [-0.3, -0.25) is 9.69 Å². The molecule has 2 rings (SSSR count). The lowest BCUT2D eigenvalue weighted by atomic mass is 9.98. The molecule has 1 aliphatic heterocycles. The van der Waals surface area contributed by atoms with Crippen LogP contribution in [0.4, 0.5) is 0 Å². The number of hydrogen-bond donors (Lipinski definition) is 1. The Hall–Kier alpha value is -0.480. The summed E-state index contributed by atoms with van der Waals surface area (Å²) in [5.41, 5.74) is 1.42. The van der Waals surface area contributed by atoms with Gasteiger partial charge in [-0.1, -0.05) is 11.6 Å². The second-order valence-corrected chi connectivity index (χ2v) is 6.80. The molecule has 0 aromatic carbocycles. The van der Waals surface area contributed by atoms with Crippen LogP contribution in [0, 0.1) is 11.8 Å². The van der Waals surface area contributed by atoms with Crippen molar-refractivity contribution >= 4 is 17.7 Å². The zero-order valence-corrected chi connectivity index (χ0v) is 13.1. The average Bonchev–Trinajstić information content (AvgIpc) is 3.14. The highest BCUT2D eigenvalue weighted by Crippen LogP contribution is 2.41. The molecule has 1 aliphatic carbocycles. The van der Waals surface area contributed by atoms with Crippen LogP contribution < -0.4 is 5.32 Å². The number of amides is 1. The summed E-state index contributed by atoms with van der Waals surface area (Å²) < 4.78 is 0. The van der Waals surface area contributed by atoms with Gasteiger partial charge in [-0.2, -0.15) is 11.8 Å². The van der Waals surface area contributed by atoms with Gasteiger partial charge in [-0.05, 0) is 44.8 Å². The Morgan fingerprint density at radius 2 is 2.16 bits per heavy atom. The first kappa shape index (κ1) is 14.9. The lowest BCUT2D eigenvalue weighted by Crippen LogP contribution is -2.42. The molecule has 19 heavy (non-hydrogen) atoms. The van der Waals surface area contributed by atoms with E-state index in [0.29, 0.717) is 17.7 Å². The van der Waals surface area contributed by atoms with Crippen LogP contribution in [0.25, 0.3) is 0 Å². The van der Waals surface area contributed by atoms with Crippen LogP contribution >= 0.6 is 11.8 Å². The minimum absolute atomic E-state index is 0.202. The molecule has 3 nitrogen and oxygen atoms in total. The van der Waals surface area contributed by atoms with Gasteiger partial charge < -0.3 is 5.32 Å². The summed E-state index contributed by atoms with van der Waals surface area (Å²) >= 11 is 1.60. The molecule has 1 saturated carbocycles. The molecule has 0 aromatic heterocycles. The molecule has 0 bridgehead atoms. The molecule has 0 spiro atoms. The molecule has 2 atom stereocenters. The first-order valence-corrected chi connectivity index (χ1v) is 8.66. The second-order valence-electron chi connectivity index (χ2n) is 5.94. The molecular weight excluding hydrogens is 256 g/mol. The third kappa shape index (κ3) is 4.25. The summed E-state index contributed by atoms with van der Waals surface area (Å²) in [5, 5.41) is 3.25. The number of rotatable bonds is 6. The van der Waals surface area contributed by atoms with E-state index >= 15 is 0 Å². The zero-order valence-electron chi connectivity index (χ0n) is 12.3. The van der Waals surface area contributed by atoms with Gasteiger partial charge in [0.25, 0.3) is 0 Å². The molecule has 0 aromatic rings. The predicted octanol–water partition coefficient (Wildman–Crippen LogP) is 2.14. The number of thioether (sulfide) groups is 1. The van der Waals surface area contributed by atoms with Crippen LogP contribution in [0.2, 0.25) is 0 Å². The maximum atomic E-state index is 11.8. The maximum absolute atomic E-state index is 11.8. The Labute approximate surface area is 121 Å². The molecule has 1 heterocycles. The number of allylic oxidation sites excluding steroid dienone is 1. The van der Waals surface area contributed by atoms with Gasteiger partial charge in [0.1, 0.15) is 0 Å². The van der Waals surface area contributed by atoms with Crippen LogP contribution in [-0.2, 0) is 4.79 Å². The molecule has 2 fully saturated rings. The van der Waals surface area contributed by atoms with Crippen molar-refractivity contribution in [3.05, 3.63) is 11.6 Å². The molecule has 1 amide bonds. The number of hydrogen-bond acceptors (Lipinski definition) is 3. The van der Waals surface area contributed by atoms with Crippen molar-refractivity contribution in [3.8, 4) is 0 Å². The van der Waals surface area contributed by atoms with Crippen molar-refractivity contribution < 1.29 is 4.79 Å². The van der Waals surface area contributed by atoms with Crippen LogP contribution in [-0.4, -0.2) is 48.5 Å². The van der Waals surface area contributed by atoms with Crippen LogP contribution in [0.15, 0.2) is 11.6 Å². The Balaban J connectivity index is 1.90. The maximum Gasteiger partial charge on any atom is 0.230 e.